The molecule has 0 amide bonds. The number of benzene rings is 1. The van der Waals surface area contributed by atoms with E-state index in [1.165, 1.54) is 19.2 Å². The Labute approximate surface area is 138 Å². The Bertz CT molecular complexity index is 782. The number of methoxy groups -OCH3 is 1. The number of hydrogen-bond donors (Lipinski definition) is 2. The molecule has 0 aliphatic carbocycles. The summed E-state index contributed by atoms with van der Waals surface area (Å²) < 4.78 is 21.7. The third kappa shape index (κ3) is 3.03. The molecule has 0 saturated carbocycles. The summed E-state index contributed by atoms with van der Waals surface area (Å²) in [6.45, 7) is 3.48. The third-order valence-electron chi connectivity index (χ3n) is 4.14. The van der Waals surface area contributed by atoms with Crippen molar-refractivity contribution >= 4 is 11.0 Å². The van der Waals surface area contributed by atoms with Gasteiger partial charge in [-0.1, -0.05) is 0 Å². The average Bonchev–Trinajstić information content (AvgIpc) is 2.52. The molecule has 1 fully saturated rings. The molecule has 1 unspecified atom stereocenters. The summed E-state index contributed by atoms with van der Waals surface area (Å²) in [5, 5.41) is 21.2. The van der Waals surface area contributed by atoms with E-state index in [1.807, 2.05) is 0 Å². The molecule has 1 aromatic heterocycles. The van der Waals surface area contributed by atoms with Crippen molar-refractivity contribution in [3.63, 3.8) is 0 Å². The Morgan fingerprint density at radius 1 is 1.12 bits per heavy atom. The molecule has 1 aliphatic heterocycles. The first-order valence-electron chi connectivity index (χ1n) is 7.59. The molecule has 0 bridgehead atoms. The Morgan fingerprint density at radius 2 is 1.83 bits per heavy atom. The fourth-order valence-electron chi connectivity index (χ4n) is 2.95. The van der Waals surface area contributed by atoms with Crippen LogP contribution < -0.4 is 10.4 Å². The summed E-state index contributed by atoms with van der Waals surface area (Å²) in [4.78, 5) is 11.3. The fourth-order valence-corrected chi connectivity index (χ4v) is 2.95. The van der Waals surface area contributed by atoms with Crippen LogP contribution >= 0.6 is 0 Å². The van der Waals surface area contributed by atoms with E-state index in [2.05, 4.69) is 0 Å². The quantitative estimate of drug-likeness (QED) is 0.808. The highest BCUT2D eigenvalue weighted by atomic mass is 16.7. The van der Waals surface area contributed by atoms with E-state index in [4.69, 9.17) is 18.6 Å². The molecule has 2 aromatic rings. The summed E-state index contributed by atoms with van der Waals surface area (Å²) in [7, 11) is 1.44. The van der Waals surface area contributed by atoms with Crippen LogP contribution in [0, 0.1) is 0 Å². The van der Waals surface area contributed by atoms with Crippen molar-refractivity contribution in [2.75, 3.05) is 7.11 Å². The van der Waals surface area contributed by atoms with Gasteiger partial charge in [-0.05, 0) is 32.0 Å². The van der Waals surface area contributed by atoms with Crippen molar-refractivity contribution in [1.82, 2.24) is 0 Å². The number of aliphatic hydroxyl groups excluding tert-OH is 2. The molecule has 1 saturated heterocycles. The first-order valence-corrected chi connectivity index (χ1v) is 7.59. The van der Waals surface area contributed by atoms with Crippen LogP contribution in [0.5, 0.6) is 5.75 Å². The minimum atomic E-state index is -1.29. The van der Waals surface area contributed by atoms with E-state index >= 15 is 0 Å². The predicted molar refractivity (Wildman–Crippen MR) is 84.9 cm³/mol. The lowest BCUT2D eigenvalue weighted by Gasteiger charge is -2.46. The summed E-state index contributed by atoms with van der Waals surface area (Å²) in [5.41, 5.74) is -0.963. The van der Waals surface area contributed by atoms with Crippen molar-refractivity contribution in [2.24, 2.45) is 0 Å². The van der Waals surface area contributed by atoms with Gasteiger partial charge in [0.1, 0.15) is 29.6 Å². The van der Waals surface area contributed by atoms with Crippen LogP contribution in [0.1, 0.15) is 13.8 Å². The molecule has 2 N–H and O–H groups in total. The summed E-state index contributed by atoms with van der Waals surface area (Å²) in [5.74, 6) is 0.347. The maximum absolute atomic E-state index is 11.3. The van der Waals surface area contributed by atoms with Gasteiger partial charge in [-0.3, -0.25) is 0 Å². The molecule has 1 aliphatic rings. The maximum Gasteiger partial charge on any atom is 0.336 e. The van der Waals surface area contributed by atoms with Gasteiger partial charge < -0.3 is 28.8 Å². The van der Waals surface area contributed by atoms with Crippen LogP contribution in [0.2, 0.25) is 0 Å². The lowest BCUT2D eigenvalue weighted by atomic mass is 9.89. The number of fused-ring (bicyclic) bond motifs is 1. The van der Waals surface area contributed by atoms with Gasteiger partial charge >= 0.3 is 5.63 Å². The molecule has 1 aromatic carbocycles. The standard InChI is InChI=1S/C17H20O7/c1-17(2)15(21-3)13(19)14(20)16(24-17)22-10-6-4-9-5-7-12(18)23-11(9)8-10/h4-8,13-16,19-20H,1-3H3/t13-,14?,15-,16-/m1/s1. The van der Waals surface area contributed by atoms with E-state index < -0.39 is 35.8 Å². The van der Waals surface area contributed by atoms with Crippen molar-refractivity contribution in [3.8, 4) is 5.75 Å². The zero-order valence-corrected chi connectivity index (χ0v) is 13.6. The largest absolute Gasteiger partial charge is 0.462 e. The number of rotatable bonds is 3. The zero-order chi connectivity index (χ0) is 17.5. The lowest BCUT2D eigenvalue weighted by molar-refractivity contribution is -0.305. The third-order valence-corrected chi connectivity index (χ3v) is 4.14. The molecule has 2 heterocycles. The molecule has 3 rings (SSSR count). The van der Waals surface area contributed by atoms with Gasteiger partial charge in [0.2, 0.25) is 6.29 Å². The van der Waals surface area contributed by atoms with Crippen LogP contribution in [-0.4, -0.2) is 47.5 Å². The normalized spacial score (nSPS) is 29.5. The second-order valence-corrected chi connectivity index (χ2v) is 6.30. The van der Waals surface area contributed by atoms with E-state index in [0.717, 1.165) is 5.39 Å². The molecule has 24 heavy (non-hydrogen) atoms. The SMILES string of the molecule is CO[C@@H]1[C@H](O)C(O)[C@H](Oc2ccc3ccc(=O)oc3c2)OC1(C)C. The van der Waals surface area contributed by atoms with Crippen LogP contribution in [0.4, 0.5) is 0 Å². The average molecular weight is 336 g/mol. The maximum atomic E-state index is 11.3. The summed E-state index contributed by atoms with van der Waals surface area (Å²) in [6, 6.07) is 7.91. The first-order chi connectivity index (χ1) is 11.3. The molecule has 130 valence electrons. The second kappa shape index (κ2) is 6.18. The van der Waals surface area contributed by atoms with E-state index in [-0.39, 0.29) is 0 Å². The van der Waals surface area contributed by atoms with E-state index in [1.54, 1.807) is 32.0 Å². The van der Waals surface area contributed by atoms with Gasteiger partial charge in [-0.25, -0.2) is 4.79 Å². The van der Waals surface area contributed by atoms with Crippen LogP contribution in [0.25, 0.3) is 11.0 Å². The molecular weight excluding hydrogens is 316 g/mol. The van der Waals surface area contributed by atoms with Crippen molar-refractivity contribution in [2.45, 2.75) is 44.1 Å². The Hall–Kier alpha value is -1.93. The number of aliphatic hydroxyl groups is 2. The highest BCUT2D eigenvalue weighted by molar-refractivity contribution is 5.77. The Morgan fingerprint density at radius 3 is 2.54 bits per heavy atom. The summed E-state index contributed by atoms with van der Waals surface area (Å²) >= 11 is 0. The Balaban J connectivity index is 1.86. The summed E-state index contributed by atoms with van der Waals surface area (Å²) in [6.07, 6.45) is -4.24. The predicted octanol–water partition coefficient (Wildman–Crippen LogP) is 1.04. The van der Waals surface area contributed by atoms with Crippen molar-refractivity contribution < 1.29 is 28.8 Å². The van der Waals surface area contributed by atoms with Crippen molar-refractivity contribution in [1.29, 1.82) is 0 Å². The highest BCUT2D eigenvalue weighted by Crippen LogP contribution is 2.33. The second-order valence-electron chi connectivity index (χ2n) is 6.30. The van der Waals surface area contributed by atoms with Gasteiger partial charge in [0.25, 0.3) is 0 Å². The van der Waals surface area contributed by atoms with Gasteiger partial charge in [0.15, 0.2) is 0 Å². The topological polar surface area (TPSA) is 98.4 Å². The van der Waals surface area contributed by atoms with Crippen molar-refractivity contribution in [3.05, 3.63) is 40.8 Å². The lowest BCUT2D eigenvalue weighted by Crippen LogP contribution is -2.63. The van der Waals surface area contributed by atoms with Crippen LogP contribution in [0.15, 0.2) is 39.5 Å². The molecule has 4 atom stereocenters. The molecule has 7 nitrogen and oxygen atoms in total. The van der Waals surface area contributed by atoms with E-state index in [9.17, 15) is 15.0 Å². The van der Waals surface area contributed by atoms with Crippen LogP contribution in [0.3, 0.4) is 0 Å². The first kappa shape index (κ1) is 16.9. The number of ether oxygens (including phenoxy) is 3. The molecule has 0 radical (unpaired) electrons. The van der Waals surface area contributed by atoms with Gasteiger partial charge in [-0.2, -0.15) is 0 Å². The minimum absolute atomic E-state index is 0.347. The van der Waals surface area contributed by atoms with Gasteiger partial charge in [0, 0.05) is 24.6 Å². The van der Waals surface area contributed by atoms with E-state index in [0.29, 0.717) is 11.3 Å². The zero-order valence-electron chi connectivity index (χ0n) is 13.6. The minimum Gasteiger partial charge on any atom is -0.462 e. The van der Waals surface area contributed by atoms with Crippen LogP contribution in [-0.2, 0) is 9.47 Å². The van der Waals surface area contributed by atoms with Gasteiger partial charge in [0.05, 0.1) is 5.60 Å². The fraction of sp³-hybridized carbons (Fsp3) is 0.471. The molecule has 7 heteroatoms. The molecular formula is C17H20O7. The van der Waals surface area contributed by atoms with Gasteiger partial charge in [-0.15, -0.1) is 0 Å². The number of hydrogen-bond acceptors (Lipinski definition) is 7. The Kier molecular flexibility index (Phi) is 4.35. The molecule has 0 spiro atoms. The monoisotopic (exact) mass is 336 g/mol. The highest BCUT2D eigenvalue weighted by Gasteiger charge is 2.50. The smallest absolute Gasteiger partial charge is 0.336 e.